The first-order valence-electron chi connectivity index (χ1n) is 10.6. The maximum atomic E-state index is 13.1. The Morgan fingerprint density at radius 1 is 1.00 bits per heavy atom. The highest BCUT2D eigenvalue weighted by atomic mass is 35.5. The lowest BCUT2D eigenvalue weighted by molar-refractivity contribution is -0.122. The Balaban J connectivity index is 1.80. The van der Waals surface area contributed by atoms with Gasteiger partial charge in [-0.1, -0.05) is 71.8 Å². The molecule has 0 saturated carbocycles. The van der Waals surface area contributed by atoms with Crippen LogP contribution in [0.15, 0.2) is 77.7 Å². The molecule has 0 aliphatic carbocycles. The van der Waals surface area contributed by atoms with E-state index in [4.69, 9.17) is 16.3 Å². The third-order valence-electron chi connectivity index (χ3n) is 5.00. The number of carbonyl (C=O) groups is 1. The number of aryl methyl sites for hydroxylation is 1. The van der Waals surface area contributed by atoms with Crippen LogP contribution in [-0.2, 0) is 27.8 Å². The monoisotopic (exact) mass is 486 g/mol. The average molecular weight is 487 g/mol. The van der Waals surface area contributed by atoms with Crippen LogP contribution in [-0.4, -0.2) is 27.0 Å². The van der Waals surface area contributed by atoms with Gasteiger partial charge in [-0.05, 0) is 49.6 Å². The van der Waals surface area contributed by atoms with E-state index in [0.717, 1.165) is 16.7 Å². The van der Waals surface area contributed by atoms with Crippen molar-refractivity contribution in [1.82, 2.24) is 10.0 Å². The molecular formula is C25H27ClN2O4S. The Hall–Kier alpha value is -2.87. The van der Waals surface area contributed by atoms with E-state index in [1.54, 1.807) is 0 Å². The van der Waals surface area contributed by atoms with Gasteiger partial charge in [-0.3, -0.25) is 4.79 Å². The quantitative estimate of drug-likeness (QED) is 0.448. The summed E-state index contributed by atoms with van der Waals surface area (Å²) in [6.07, 6.45) is 0.199. The van der Waals surface area contributed by atoms with Crippen LogP contribution in [0.3, 0.4) is 0 Å². The Labute approximate surface area is 200 Å². The summed E-state index contributed by atoms with van der Waals surface area (Å²) in [5.41, 5.74) is 2.88. The Kier molecular flexibility index (Phi) is 8.49. The number of benzene rings is 3. The van der Waals surface area contributed by atoms with Crippen molar-refractivity contribution in [3.8, 4) is 5.75 Å². The lowest BCUT2D eigenvalue weighted by atomic mass is 10.1. The lowest BCUT2D eigenvalue weighted by Crippen LogP contribution is -2.47. The van der Waals surface area contributed by atoms with Gasteiger partial charge >= 0.3 is 0 Å². The van der Waals surface area contributed by atoms with Crippen LogP contribution in [0, 0.1) is 6.92 Å². The van der Waals surface area contributed by atoms with Crippen molar-refractivity contribution in [1.29, 1.82) is 0 Å². The third-order valence-corrected chi connectivity index (χ3v) is 6.76. The van der Waals surface area contributed by atoms with Crippen LogP contribution >= 0.6 is 11.6 Å². The zero-order chi connectivity index (χ0) is 23.8. The van der Waals surface area contributed by atoms with E-state index in [2.05, 4.69) is 10.0 Å². The number of sulfonamides is 1. The van der Waals surface area contributed by atoms with Gasteiger partial charge in [0.25, 0.3) is 0 Å². The molecule has 0 aliphatic heterocycles. The van der Waals surface area contributed by atoms with Gasteiger partial charge in [0, 0.05) is 6.54 Å². The molecule has 0 fully saturated rings. The van der Waals surface area contributed by atoms with Crippen molar-refractivity contribution in [2.24, 2.45) is 0 Å². The van der Waals surface area contributed by atoms with Gasteiger partial charge in [0.2, 0.25) is 15.9 Å². The van der Waals surface area contributed by atoms with Crippen molar-refractivity contribution in [2.45, 2.75) is 37.8 Å². The molecule has 0 heterocycles. The van der Waals surface area contributed by atoms with Crippen molar-refractivity contribution < 1.29 is 17.9 Å². The van der Waals surface area contributed by atoms with Crippen molar-refractivity contribution in [3.63, 3.8) is 0 Å². The molecule has 1 atom stereocenters. The highest BCUT2D eigenvalue weighted by Gasteiger charge is 2.26. The van der Waals surface area contributed by atoms with Gasteiger partial charge in [-0.15, -0.1) is 0 Å². The molecule has 0 aromatic heterocycles. The number of nitrogens with one attached hydrogen (secondary N) is 2. The first-order valence-corrected chi connectivity index (χ1v) is 12.5. The van der Waals surface area contributed by atoms with Crippen LogP contribution in [0.1, 0.15) is 23.6 Å². The highest BCUT2D eigenvalue weighted by molar-refractivity contribution is 7.89. The lowest BCUT2D eigenvalue weighted by Gasteiger charge is -2.19. The fourth-order valence-electron chi connectivity index (χ4n) is 3.23. The fourth-order valence-corrected chi connectivity index (χ4v) is 4.75. The minimum absolute atomic E-state index is 0.0413. The molecule has 33 heavy (non-hydrogen) atoms. The second kappa shape index (κ2) is 11.3. The van der Waals surface area contributed by atoms with E-state index in [1.807, 2.05) is 68.4 Å². The van der Waals surface area contributed by atoms with Crippen LogP contribution in [0.4, 0.5) is 0 Å². The average Bonchev–Trinajstić information content (AvgIpc) is 2.80. The van der Waals surface area contributed by atoms with Crippen molar-refractivity contribution in [3.05, 3.63) is 94.5 Å². The Bertz CT molecular complexity index is 1180. The number of rotatable bonds is 10. The van der Waals surface area contributed by atoms with E-state index in [-0.39, 0.29) is 16.3 Å². The number of ether oxygens (including phenoxy) is 1. The predicted molar refractivity (Wildman–Crippen MR) is 130 cm³/mol. The molecule has 2 N–H and O–H groups in total. The van der Waals surface area contributed by atoms with E-state index in [0.29, 0.717) is 18.9 Å². The van der Waals surface area contributed by atoms with Gasteiger partial charge in [-0.25, -0.2) is 8.42 Å². The molecule has 0 radical (unpaired) electrons. The summed E-state index contributed by atoms with van der Waals surface area (Å²) in [6, 6.07) is 20.2. The first-order chi connectivity index (χ1) is 15.8. The predicted octanol–water partition coefficient (Wildman–Crippen LogP) is 4.25. The second-order valence-corrected chi connectivity index (χ2v) is 9.71. The number of carbonyl (C=O) groups excluding carboxylic acids is 1. The summed E-state index contributed by atoms with van der Waals surface area (Å²) in [6.45, 7) is 4.50. The SMILES string of the molecule is CCOc1ccc(S(=O)(=O)N[C@H](Cc2ccccc2)C(=O)NCc2ccc(C)cc2)cc1Cl. The summed E-state index contributed by atoms with van der Waals surface area (Å²) in [5, 5.41) is 3.02. The van der Waals surface area contributed by atoms with E-state index < -0.39 is 22.0 Å². The second-order valence-electron chi connectivity index (χ2n) is 7.59. The van der Waals surface area contributed by atoms with Gasteiger partial charge in [0.1, 0.15) is 11.8 Å². The van der Waals surface area contributed by atoms with Gasteiger partial charge in [0.15, 0.2) is 0 Å². The Morgan fingerprint density at radius 2 is 1.70 bits per heavy atom. The number of halogens is 1. The third kappa shape index (κ3) is 7.05. The zero-order valence-electron chi connectivity index (χ0n) is 18.5. The maximum absolute atomic E-state index is 13.1. The molecule has 3 aromatic carbocycles. The number of hydrogen-bond donors (Lipinski definition) is 2. The molecule has 0 aliphatic rings. The molecule has 174 valence electrons. The van der Waals surface area contributed by atoms with Crippen LogP contribution < -0.4 is 14.8 Å². The smallest absolute Gasteiger partial charge is 0.241 e. The summed E-state index contributed by atoms with van der Waals surface area (Å²) >= 11 is 6.18. The fraction of sp³-hybridized carbons (Fsp3) is 0.240. The molecule has 3 rings (SSSR count). The normalized spacial score (nSPS) is 12.2. The molecule has 3 aromatic rings. The van der Waals surface area contributed by atoms with Gasteiger partial charge in [0.05, 0.1) is 16.5 Å². The largest absolute Gasteiger partial charge is 0.492 e. The molecule has 0 saturated heterocycles. The van der Waals surface area contributed by atoms with E-state index in [9.17, 15) is 13.2 Å². The Morgan fingerprint density at radius 3 is 2.33 bits per heavy atom. The highest BCUT2D eigenvalue weighted by Crippen LogP contribution is 2.27. The van der Waals surface area contributed by atoms with Crippen LogP contribution in [0.25, 0.3) is 0 Å². The number of amides is 1. The molecule has 0 spiro atoms. The van der Waals surface area contributed by atoms with E-state index >= 15 is 0 Å². The molecular weight excluding hydrogens is 460 g/mol. The van der Waals surface area contributed by atoms with E-state index in [1.165, 1.54) is 18.2 Å². The van der Waals surface area contributed by atoms with Gasteiger partial charge in [-0.2, -0.15) is 4.72 Å². The topological polar surface area (TPSA) is 84.5 Å². The van der Waals surface area contributed by atoms with Crippen molar-refractivity contribution in [2.75, 3.05) is 6.61 Å². The minimum atomic E-state index is -4.02. The summed E-state index contributed by atoms with van der Waals surface area (Å²) in [4.78, 5) is 13.0. The first kappa shape index (κ1) is 24.8. The zero-order valence-corrected chi connectivity index (χ0v) is 20.1. The molecule has 1 amide bonds. The summed E-state index contributed by atoms with van der Waals surface area (Å²) in [5.74, 6) is -0.0187. The molecule has 8 heteroatoms. The number of hydrogen-bond acceptors (Lipinski definition) is 4. The minimum Gasteiger partial charge on any atom is -0.492 e. The van der Waals surface area contributed by atoms with Crippen LogP contribution in [0.5, 0.6) is 5.75 Å². The van der Waals surface area contributed by atoms with Crippen molar-refractivity contribution >= 4 is 27.5 Å². The molecule has 6 nitrogen and oxygen atoms in total. The molecule has 0 unspecified atom stereocenters. The summed E-state index contributed by atoms with van der Waals surface area (Å²) < 4.78 is 34.1. The molecule has 0 bridgehead atoms. The summed E-state index contributed by atoms with van der Waals surface area (Å²) in [7, 11) is -4.02. The maximum Gasteiger partial charge on any atom is 0.241 e. The van der Waals surface area contributed by atoms with Crippen LogP contribution in [0.2, 0.25) is 5.02 Å². The standard InChI is InChI=1S/C25H27ClN2O4S/c1-3-32-24-14-13-21(16-22(24)26)33(30,31)28-23(15-19-7-5-4-6-8-19)25(29)27-17-20-11-9-18(2)10-12-20/h4-14,16,23,28H,3,15,17H2,1-2H3,(H,27,29)/t23-/m1/s1. The van der Waals surface area contributed by atoms with Gasteiger partial charge < -0.3 is 10.1 Å².